The molecule has 3 nitrogen and oxygen atoms in total. The van der Waals surface area contributed by atoms with Crippen molar-refractivity contribution in [3.63, 3.8) is 0 Å². The minimum atomic E-state index is 0.757. The molecule has 24 heavy (non-hydrogen) atoms. The molecule has 4 aromatic rings. The van der Waals surface area contributed by atoms with Crippen LogP contribution in [0.15, 0.2) is 60.9 Å². The Morgan fingerprint density at radius 1 is 1.00 bits per heavy atom. The molecule has 0 unspecified atom stereocenters. The maximum absolute atomic E-state index is 5.74. The number of rotatable bonds is 2. The van der Waals surface area contributed by atoms with Gasteiger partial charge in [0.15, 0.2) is 0 Å². The van der Waals surface area contributed by atoms with Crippen LogP contribution in [0.2, 0.25) is 0 Å². The second-order valence-electron chi connectivity index (χ2n) is 6.02. The molecule has 1 N–H and O–H groups in total. The molecule has 4 rings (SSSR count). The van der Waals surface area contributed by atoms with Crippen LogP contribution in [0.5, 0.6) is 0 Å². The highest BCUT2D eigenvalue weighted by molar-refractivity contribution is 7.71. The highest BCUT2D eigenvalue weighted by Gasteiger charge is 2.10. The summed E-state index contributed by atoms with van der Waals surface area (Å²) in [5.41, 5.74) is 6.67. The smallest absolute Gasteiger partial charge is 0.212 e. The van der Waals surface area contributed by atoms with Crippen LogP contribution < -0.4 is 0 Å². The van der Waals surface area contributed by atoms with Crippen molar-refractivity contribution in [1.82, 2.24) is 14.4 Å². The SMILES string of the molecule is Cc1ccc(C)c(-c2cnc3[nH]c(-c4ccccc4)cn3c2=S)c1. The van der Waals surface area contributed by atoms with Crippen molar-refractivity contribution in [3.8, 4) is 22.4 Å². The van der Waals surface area contributed by atoms with Crippen molar-refractivity contribution < 1.29 is 0 Å². The van der Waals surface area contributed by atoms with E-state index in [9.17, 15) is 0 Å². The molecule has 2 aromatic carbocycles. The highest BCUT2D eigenvalue weighted by atomic mass is 32.1. The van der Waals surface area contributed by atoms with Crippen molar-refractivity contribution >= 4 is 18.0 Å². The number of H-pyrrole nitrogens is 1. The Bertz CT molecular complexity index is 1090. The van der Waals surface area contributed by atoms with Crippen LogP contribution >= 0.6 is 12.2 Å². The van der Waals surface area contributed by atoms with Crippen LogP contribution in [0.1, 0.15) is 11.1 Å². The molecular weight excluding hydrogens is 314 g/mol. The lowest BCUT2D eigenvalue weighted by Gasteiger charge is -2.08. The van der Waals surface area contributed by atoms with Crippen LogP contribution in [0.3, 0.4) is 0 Å². The first-order chi connectivity index (χ1) is 11.6. The zero-order chi connectivity index (χ0) is 16.7. The first-order valence-corrected chi connectivity index (χ1v) is 8.28. The van der Waals surface area contributed by atoms with Crippen molar-refractivity contribution in [3.05, 3.63) is 76.7 Å². The van der Waals surface area contributed by atoms with E-state index in [-0.39, 0.29) is 0 Å². The van der Waals surface area contributed by atoms with Gasteiger partial charge in [-0.15, -0.1) is 0 Å². The zero-order valence-electron chi connectivity index (χ0n) is 13.6. The summed E-state index contributed by atoms with van der Waals surface area (Å²) in [6.07, 6.45) is 3.89. The van der Waals surface area contributed by atoms with Crippen molar-refractivity contribution in [1.29, 1.82) is 0 Å². The average molecular weight is 331 g/mol. The molecule has 0 aliphatic heterocycles. The Morgan fingerprint density at radius 3 is 2.58 bits per heavy atom. The number of fused-ring (bicyclic) bond motifs is 1. The highest BCUT2D eigenvalue weighted by Crippen LogP contribution is 2.27. The molecular formula is C20H17N3S. The second-order valence-corrected chi connectivity index (χ2v) is 6.41. The van der Waals surface area contributed by atoms with Gasteiger partial charge in [-0.25, -0.2) is 4.98 Å². The minimum Gasteiger partial charge on any atom is -0.323 e. The van der Waals surface area contributed by atoms with Gasteiger partial charge in [0.05, 0.1) is 5.69 Å². The number of aryl methyl sites for hydroxylation is 2. The second kappa shape index (κ2) is 5.73. The van der Waals surface area contributed by atoms with Gasteiger partial charge in [0.2, 0.25) is 5.78 Å². The van der Waals surface area contributed by atoms with Gasteiger partial charge in [-0.05, 0) is 30.5 Å². The third-order valence-corrected chi connectivity index (χ3v) is 4.68. The van der Waals surface area contributed by atoms with Gasteiger partial charge >= 0.3 is 0 Å². The van der Waals surface area contributed by atoms with Gasteiger partial charge < -0.3 is 4.98 Å². The molecule has 0 saturated carbocycles. The lowest BCUT2D eigenvalue weighted by atomic mass is 10.0. The molecule has 0 spiro atoms. The van der Waals surface area contributed by atoms with Gasteiger partial charge in [0, 0.05) is 18.0 Å². The number of imidazole rings is 1. The quantitative estimate of drug-likeness (QED) is 0.503. The molecule has 0 saturated heterocycles. The van der Waals surface area contributed by atoms with Crippen LogP contribution in [-0.4, -0.2) is 14.4 Å². The number of benzene rings is 2. The molecule has 4 heteroatoms. The Balaban J connectivity index is 1.93. The Kier molecular flexibility index (Phi) is 3.54. The lowest BCUT2D eigenvalue weighted by molar-refractivity contribution is 1.09. The molecule has 0 aliphatic rings. The molecule has 0 atom stereocenters. The predicted octanol–water partition coefficient (Wildman–Crippen LogP) is 5.34. The molecule has 0 amide bonds. The minimum absolute atomic E-state index is 0.757. The normalized spacial score (nSPS) is 11.1. The van der Waals surface area contributed by atoms with E-state index in [4.69, 9.17) is 12.2 Å². The fourth-order valence-corrected chi connectivity index (χ4v) is 3.24. The van der Waals surface area contributed by atoms with Crippen LogP contribution in [-0.2, 0) is 0 Å². The fraction of sp³-hybridized carbons (Fsp3) is 0.100. The third kappa shape index (κ3) is 2.45. The van der Waals surface area contributed by atoms with Crippen molar-refractivity contribution in [2.24, 2.45) is 0 Å². The standard InChI is InChI=1S/C20H17N3S/c1-13-8-9-14(2)16(10-13)17-11-21-20-22-18(12-23(20)19(17)24)15-6-4-3-5-7-15/h3-12H,1-2H3,(H,21,22). The Morgan fingerprint density at radius 2 is 1.79 bits per heavy atom. The first-order valence-electron chi connectivity index (χ1n) is 7.87. The number of aromatic amines is 1. The van der Waals surface area contributed by atoms with E-state index < -0.39 is 0 Å². The Labute approximate surface area is 145 Å². The molecule has 2 aromatic heterocycles. The number of nitrogens with zero attached hydrogens (tertiary/aromatic N) is 2. The zero-order valence-corrected chi connectivity index (χ0v) is 14.4. The van der Waals surface area contributed by atoms with E-state index in [1.165, 1.54) is 11.1 Å². The first kappa shape index (κ1) is 14.8. The average Bonchev–Trinajstić information content (AvgIpc) is 3.04. The van der Waals surface area contributed by atoms with Gasteiger partial charge in [0.1, 0.15) is 4.64 Å². The number of hydrogen-bond acceptors (Lipinski definition) is 2. The Hall–Kier alpha value is -2.72. The van der Waals surface area contributed by atoms with Gasteiger partial charge in [0.25, 0.3) is 0 Å². The molecule has 0 bridgehead atoms. The largest absolute Gasteiger partial charge is 0.323 e. The van der Waals surface area contributed by atoms with E-state index in [1.54, 1.807) is 0 Å². The van der Waals surface area contributed by atoms with E-state index in [0.717, 1.165) is 32.8 Å². The van der Waals surface area contributed by atoms with Gasteiger partial charge in [-0.3, -0.25) is 4.40 Å². The van der Waals surface area contributed by atoms with Crippen molar-refractivity contribution in [2.45, 2.75) is 13.8 Å². The summed E-state index contributed by atoms with van der Waals surface area (Å²) in [5, 5.41) is 0. The van der Waals surface area contributed by atoms with Gasteiger partial charge in [-0.2, -0.15) is 0 Å². The summed E-state index contributed by atoms with van der Waals surface area (Å²) in [5.74, 6) is 0.757. The summed E-state index contributed by atoms with van der Waals surface area (Å²) < 4.78 is 2.72. The van der Waals surface area contributed by atoms with Crippen LogP contribution in [0.4, 0.5) is 0 Å². The maximum Gasteiger partial charge on any atom is 0.212 e. The van der Waals surface area contributed by atoms with Gasteiger partial charge in [-0.1, -0.05) is 66.3 Å². The molecule has 2 heterocycles. The molecule has 0 aliphatic carbocycles. The number of aromatic nitrogens is 3. The maximum atomic E-state index is 5.74. The van der Waals surface area contributed by atoms with E-state index in [1.807, 2.05) is 35.0 Å². The number of hydrogen-bond donors (Lipinski definition) is 1. The number of nitrogens with one attached hydrogen (secondary N) is 1. The fourth-order valence-electron chi connectivity index (χ4n) is 2.94. The predicted molar refractivity (Wildman–Crippen MR) is 101 cm³/mol. The van der Waals surface area contributed by atoms with Crippen LogP contribution in [0, 0.1) is 18.5 Å². The van der Waals surface area contributed by atoms with E-state index in [0.29, 0.717) is 0 Å². The summed E-state index contributed by atoms with van der Waals surface area (Å²) >= 11 is 5.74. The van der Waals surface area contributed by atoms with Crippen LogP contribution in [0.25, 0.3) is 28.2 Å². The van der Waals surface area contributed by atoms with E-state index >= 15 is 0 Å². The lowest BCUT2D eigenvalue weighted by Crippen LogP contribution is -1.94. The molecule has 0 fully saturated rings. The summed E-state index contributed by atoms with van der Waals surface area (Å²) in [6, 6.07) is 16.6. The topological polar surface area (TPSA) is 33.1 Å². The summed E-state index contributed by atoms with van der Waals surface area (Å²) in [4.78, 5) is 7.92. The third-order valence-electron chi connectivity index (χ3n) is 4.27. The molecule has 0 radical (unpaired) electrons. The monoisotopic (exact) mass is 331 g/mol. The van der Waals surface area contributed by atoms with Crippen molar-refractivity contribution in [2.75, 3.05) is 0 Å². The van der Waals surface area contributed by atoms with E-state index in [2.05, 4.69) is 54.1 Å². The summed E-state index contributed by atoms with van der Waals surface area (Å²) in [6.45, 7) is 4.19. The molecule has 118 valence electrons. The summed E-state index contributed by atoms with van der Waals surface area (Å²) in [7, 11) is 0.